The van der Waals surface area contributed by atoms with Crippen LogP contribution < -0.4 is 10.2 Å². The third-order valence-corrected chi connectivity index (χ3v) is 7.42. The van der Waals surface area contributed by atoms with E-state index in [1.54, 1.807) is 0 Å². The molecule has 2 aliphatic heterocycles. The van der Waals surface area contributed by atoms with E-state index in [2.05, 4.69) is 46.3 Å². The Balaban J connectivity index is 1.40. The van der Waals surface area contributed by atoms with E-state index < -0.39 is 0 Å². The summed E-state index contributed by atoms with van der Waals surface area (Å²) in [5, 5.41) is 3.58. The molecule has 4 rings (SSSR count). The number of nitrogens with zero attached hydrogens (tertiary/aromatic N) is 2. The Morgan fingerprint density at radius 1 is 0.962 bits per heavy atom. The van der Waals surface area contributed by atoms with E-state index in [0.717, 1.165) is 6.67 Å². The molecule has 144 valence electrons. The fourth-order valence-electron chi connectivity index (χ4n) is 5.74. The number of piperidine rings is 1. The minimum Gasteiger partial charge on any atom is -0.366 e. The smallest absolute Gasteiger partial charge is 0.0880 e. The monoisotopic (exact) mass is 355 g/mol. The molecule has 2 fully saturated rings. The molecular weight excluding hydrogens is 318 g/mol. The van der Waals surface area contributed by atoms with Crippen molar-refractivity contribution in [1.82, 2.24) is 4.90 Å². The van der Waals surface area contributed by atoms with Crippen molar-refractivity contribution < 1.29 is 0 Å². The van der Waals surface area contributed by atoms with Gasteiger partial charge in [-0.1, -0.05) is 57.6 Å². The third kappa shape index (κ3) is 3.60. The van der Waals surface area contributed by atoms with Crippen LogP contribution in [0, 0.1) is 0 Å². The number of benzene rings is 1. The number of likely N-dealkylation sites (tertiary alicyclic amines) is 1. The van der Waals surface area contributed by atoms with Crippen LogP contribution in [0.15, 0.2) is 24.3 Å². The van der Waals surface area contributed by atoms with Gasteiger partial charge in [-0.2, -0.15) is 0 Å². The topological polar surface area (TPSA) is 18.5 Å². The van der Waals surface area contributed by atoms with Crippen LogP contribution in [-0.4, -0.2) is 36.2 Å². The Morgan fingerprint density at radius 2 is 1.62 bits per heavy atom. The number of anilines is 2. The molecule has 0 radical (unpaired) electrons. The molecule has 0 unspecified atom stereocenters. The lowest BCUT2D eigenvalue weighted by Crippen LogP contribution is -2.54. The van der Waals surface area contributed by atoms with Crippen LogP contribution in [-0.2, 0) is 0 Å². The average Bonchev–Trinajstić information content (AvgIpc) is 3.16. The van der Waals surface area contributed by atoms with Crippen molar-refractivity contribution in [2.24, 2.45) is 0 Å². The number of hydrogen-bond acceptors (Lipinski definition) is 3. The maximum Gasteiger partial charge on any atom is 0.0880 e. The second-order valence-corrected chi connectivity index (χ2v) is 8.74. The third-order valence-electron chi connectivity index (χ3n) is 7.42. The van der Waals surface area contributed by atoms with Crippen molar-refractivity contribution in [1.29, 1.82) is 0 Å². The molecule has 0 bridgehead atoms. The van der Waals surface area contributed by atoms with Crippen LogP contribution in [0.25, 0.3) is 0 Å². The number of fused-ring (bicyclic) bond motifs is 1. The molecule has 1 N–H and O–H groups in total. The maximum atomic E-state index is 3.58. The summed E-state index contributed by atoms with van der Waals surface area (Å²) in [4.78, 5) is 5.53. The molecule has 1 aromatic carbocycles. The lowest BCUT2D eigenvalue weighted by molar-refractivity contribution is 0.0385. The molecule has 0 amide bonds. The Hall–Kier alpha value is -1.22. The highest BCUT2D eigenvalue weighted by Crippen LogP contribution is 2.39. The molecular formula is C23H37N3. The lowest BCUT2D eigenvalue weighted by atomic mass is 9.81. The highest BCUT2D eigenvalue weighted by Gasteiger charge is 2.38. The second kappa shape index (κ2) is 8.21. The molecule has 1 aromatic rings. The van der Waals surface area contributed by atoms with E-state index in [1.165, 1.54) is 95.1 Å². The van der Waals surface area contributed by atoms with E-state index >= 15 is 0 Å². The summed E-state index contributed by atoms with van der Waals surface area (Å²) in [6, 6.07) is 9.52. The van der Waals surface area contributed by atoms with Gasteiger partial charge < -0.3 is 10.2 Å². The molecule has 1 aliphatic carbocycles. The Morgan fingerprint density at radius 3 is 2.31 bits per heavy atom. The molecule has 3 heteroatoms. The molecule has 3 nitrogen and oxygen atoms in total. The zero-order chi connectivity index (χ0) is 17.8. The van der Waals surface area contributed by atoms with Gasteiger partial charge in [0.15, 0.2) is 0 Å². The first-order valence-electron chi connectivity index (χ1n) is 11.2. The van der Waals surface area contributed by atoms with Gasteiger partial charge in [0, 0.05) is 24.7 Å². The van der Waals surface area contributed by atoms with Crippen molar-refractivity contribution in [3.8, 4) is 0 Å². The Kier molecular flexibility index (Phi) is 5.73. The zero-order valence-electron chi connectivity index (χ0n) is 16.7. The van der Waals surface area contributed by atoms with E-state index in [-0.39, 0.29) is 0 Å². The SMILES string of the molecule is CCC1(N2CCC(N3CNc4ccccc43)CC2)CCCCCCCC1. The number of hydrogen-bond donors (Lipinski definition) is 1. The van der Waals surface area contributed by atoms with E-state index in [1.807, 2.05) is 0 Å². The van der Waals surface area contributed by atoms with Crippen molar-refractivity contribution in [3.63, 3.8) is 0 Å². The predicted molar refractivity (Wildman–Crippen MR) is 112 cm³/mol. The molecule has 0 spiro atoms. The maximum absolute atomic E-state index is 3.58. The largest absolute Gasteiger partial charge is 0.366 e. The fraction of sp³-hybridized carbons (Fsp3) is 0.739. The highest BCUT2D eigenvalue weighted by atomic mass is 15.3. The first-order valence-corrected chi connectivity index (χ1v) is 11.2. The van der Waals surface area contributed by atoms with Gasteiger partial charge in [0.2, 0.25) is 0 Å². The van der Waals surface area contributed by atoms with Crippen molar-refractivity contribution >= 4 is 11.4 Å². The van der Waals surface area contributed by atoms with Crippen molar-refractivity contribution in [2.75, 3.05) is 30.0 Å². The summed E-state index contributed by atoms with van der Waals surface area (Å²) in [5.74, 6) is 0. The molecule has 1 saturated carbocycles. The first kappa shape index (κ1) is 18.2. The van der Waals surface area contributed by atoms with Gasteiger partial charge in [0.05, 0.1) is 18.0 Å². The number of rotatable bonds is 3. The van der Waals surface area contributed by atoms with Gasteiger partial charge in [-0.25, -0.2) is 0 Å². The van der Waals surface area contributed by atoms with E-state index in [4.69, 9.17) is 0 Å². The lowest BCUT2D eigenvalue weighted by Gasteiger charge is -2.48. The highest BCUT2D eigenvalue weighted by molar-refractivity contribution is 5.74. The Bertz CT molecular complexity index is 567. The van der Waals surface area contributed by atoms with Crippen molar-refractivity contribution in [3.05, 3.63) is 24.3 Å². The van der Waals surface area contributed by atoms with Crippen LogP contribution in [0.5, 0.6) is 0 Å². The summed E-state index contributed by atoms with van der Waals surface area (Å²) >= 11 is 0. The van der Waals surface area contributed by atoms with Gasteiger partial charge in [-0.3, -0.25) is 4.90 Å². The standard InChI is InChI=1S/C23H37N3/c1-2-23(15-9-5-3-4-6-10-16-23)25-17-13-20(14-18-25)26-19-24-21-11-7-8-12-22(21)26/h7-8,11-12,20,24H,2-6,9-10,13-19H2,1H3. The molecule has 0 aromatic heterocycles. The molecule has 2 heterocycles. The quantitative estimate of drug-likeness (QED) is 0.759. The number of para-hydroxylation sites is 2. The summed E-state index contributed by atoms with van der Waals surface area (Å²) in [7, 11) is 0. The summed E-state index contributed by atoms with van der Waals surface area (Å²) in [5.41, 5.74) is 3.23. The molecule has 0 atom stereocenters. The number of nitrogens with one attached hydrogen (secondary N) is 1. The summed E-state index contributed by atoms with van der Waals surface area (Å²) in [6.45, 7) is 6.02. The normalized spacial score (nSPS) is 25.0. The van der Waals surface area contributed by atoms with Gasteiger partial charge in [0.25, 0.3) is 0 Å². The van der Waals surface area contributed by atoms with Gasteiger partial charge in [-0.05, 0) is 44.2 Å². The fourth-order valence-corrected chi connectivity index (χ4v) is 5.74. The van der Waals surface area contributed by atoms with Gasteiger partial charge in [0.1, 0.15) is 0 Å². The second-order valence-electron chi connectivity index (χ2n) is 8.74. The van der Waals surface area contributed by atoms with E-state index in [0.29, 0.717) is 11.6 Å². The first-order chi connectivity index (χ1) is 12.8. The van der Waals surface area contributed by atoms with Crippen LogP contribution >= 0.6 is 0 Å². The minimum atomic E-state index is 0.497. The molecule has 26 heavy (non-hydrogen) atoms. The van der Waals surface area contributed by atoms with Crippen LogP contribution in [0.2, 0.25) is 0 Å². The van der Waals surface area contributed by atoms with Crippen LogP contribution in [0.1, 0.15) is 77.6 Å². The summed E-state index contributed by atoms with van der Waals surface area (Å²) < 4.78 is 0. The van der Waals surface area contributed by atoms with Crippen LogP contribution in [0.3, 0.4) is 0 Å². The predicted octanol–water partition coefficient (Wildman–Crippen LogP) is 5.62. The zero-order valence-corrected chi connectivity index (χ0v) is 16.7. The Labute approximate surface area is 160 Å². The van der Waals surface area contributed by atoms with E-state index in [9.17, 15) is 0 Å². The molecule has 3 aliphatic rings. The minimum absolute atomic E-state index is 0.497. The van der Waals surface area contributed by atoms with Gasteiger partial charge in [-0.15, -0.1) is 0 Å². The van der Waals surface area contributed by atoms with Crippen LogP contribution in [0.4, 0.5) is 11.4 Å². The summed E-state index contributed by atoms with van der Waals surface area (Å²) in [6.07, 6.45) is 15.6. The van der Waals surface area contributed by atoms with Gasteiger partial charge >= 0.3 is 0 Å². The average molecular weight is 356 g/mol. The van der Waals surface area contributed by atoms with Crippen molar-refractivity contribution in [2.45, 2.75) is 89.1 Å². The molecule has 1 saturated heterocycles.